The van der Waals surface area contributed by atoms with Crippen molar-refractivity contribution in [2.24, 2.45) is 0 Å². The first-order valence-electron chi connectivity index (χ1n) is 13.2. The molecule has 4 aromatic carbocycles. The SMILES string of the molecule is CCc1oc2ccccc2c1-c1c(C(=O)c2cc(I)c(O)c(I)c2-c2c(CC)oc3ccccc23)cc(I)c(O)c1I. The summed E-state index contributed by atoms with van der Waals surface area (Å²) in [5.41, 5.74) is 5.24. The largest absolute Gasteiger partial charge is 0.506 e. The summed E-state index contributed by atoms with van der Waals surface area (Å²) in [5, 5.41) is 24.0. The third kappa shape index (κ3) is 4.85. The predicted molar refractivity (Wildman–Crippen MR) is 200 cm³/mol. The fourth-order valence-electron chi connectivity index (χ4n) is 5.45. The second-order valence-corrected chi connectivity index (χ2v) is 14.2. The molecule has 6 aromatic rings. The zero-order chi connectivity index (χ0) is 29.9. The van der Waals surface area contributed by atoms with Crippen molar-refractivity contribution in [1.29, 1.82) is 0 Å². The van der Waals surface area contributed by atoms with Crippen LogP contribution in [-0.2, 0) is 12.8 Å². The molecule has 0 amide bonds. The average Bonchev–Trinajstić information content (AvgIpc) is 3.56. The van der Waals surface area contributed by atoms with E-state index in [1.54, 1.807) is 12.1 Å². The summed E-state index contributed by atoms with van der Waals surface area (Å²) in [6.07, 6.45) is 1.23. The van der Waals surface area contributed by atoms with Crippen LogP contribution in [0.3, 0.4) is 0 Å². The van der Waals surface area contributed by atoms with Crippen molar-refractivity contribution in [2.45, 2.75) is 26.7 Å². The minimum atomic E-state index is -0.216. The van der Waals surface area contributed by atoms with Crippen molar-refractivity contribution >= 4 is 118 Å². The lowest BCUT2D eigenvalue weighted by atomic mass is 9.87. The molecule has 0 saturated heterocycles. The van der Waals surface area contributed by atoms with Crippen LogP contribution in [0.15, 0.2) is 69.5 Å². The van der Waals surface area contributed by atoms with Crippen LogP contribution in [0.2, 0.25) is 0 Å². The maximum atomic E-state index is 14.9. The molecule has 0 fully saturated rings. The number of hydrogen-bond donors (Lipinski definition) is 2. The number of aryl methyl sites for hydroxylation is 2. The Bertz CT molecular complexity index is 1910. The van der Waals surface area contributed by atoms with E-state index in [9.17, 15) is 15.0 Å². The predicted octanol–water partition coefficient (Wildman–Crippen LogP) is 10.7. The van der Waals surface area contributed by atoms with Crippen LogP contribution in [0.25, 0.3) is 44.2 Å². The van der Waals surface area contributed by atoms with Gasteiger partial charge in [-0.3, -0.25) is 4.79 Å². The molecule has 0 aliphatic rings. The zero-order valence-corrected chi connectivity index (χ0v) is 30.9. The highest BCUT2D eigenvalue weighted by Gasteiger charge is 2.31. The number of hydrogen-bond acceptors (Lipinski definition) is 5. The van der Waals surface area contributed by atoms with Gasteiger partial charge < -0.3 is 19.0 Å². The molecule has 2 aromatic heterocycles. The van der Waals surface area contributed by atoms with Gasteiger partial charge in [0.05, 0.1) is 14.3 Å². The van der Waals surface area contributed by atoms with Gasteiger partial charge in [0, 0.05) is 57.0 Å². The molecule has 0 spiro atoms. The zero-order valence-electron chi connectivity index (χ0n) is 22.3. The van der Waals surface area contributed by atoms with Crippen LogP contribution >= 0.6 is 90.4 Å². The highest BCUT2D eigenvalue weighted by molar-refractivity contribution is 14.1. The van der Waals surface area contributed by atoms with E-state index >= 15 is 0 Å². The van der Waals surface area contributed by atoms with Gasteiger partial charge in [0.2, 0.25) is 0 Å². The number of fused-ring (bicyclic) bond motifs is 2. The van der Waals surface area contributed by atoms with Gasteiger partial charge in [-0.2, -0.15) is 0 Å². The summed E-state index contributed by atoms with van der Waals surface area (Å²) in [5.74, 6) is 1.52. The molecule has 42 heavy (non-hydrogen) atoms. The number of ketones is 1. The normalized spacial score (nSPS) is 11.6. The number of carbonyl (C=O) groups is 1. The first-order chi connectivity index (χ1) is 20.2. The molecule has 9 heteroatoms. The molecule has 0 unspecified atom stereocenters. The Morgan fingerprint density at radius 2 is 1.02 bits per heavy atom. The molecule has 0 saturated carbocycles. The number of aromatic hydroxyl groups is 2. The van der Waals surface area contributed by atoms with Crippen molar-refractivity contribution < 1.29 is 23.8 Å². The monoisotopic (exact) mass is 1010 g/mol. The van der Waals surface area contributed by atoms with Crippen molar-refractivity contribution in [3.63, 3.8) is 0 Å². The first-order valence-corrected chi connectivity index (χ1v) is 17.5. The van der Waals surface area contributed by atoms with Gasteiger partial charge in [0.1, 0.15) is 34.2 Å². The topological polar surface area (TPSA) is 83.8 Å². The third-order valence-electron chi connectivity index (χ3n) is 7.36. The quantitative estimate of drug-likeness (QED) is 0.128. The number of rotatable bonds is 6. The highest BCUT2D eigenvalue weighted by atomic mass is 127. The van der Waals surface area contributed by atoms with E-state index in [1.165, 1.54) is 0 Å². The van der Waals surface area contributed by atoms with Gasteiger partial charge >= 0.3 is 0 Å². The van der Waals surface area contributed by atoms with E-state index in [1.807, 2.05) is 62.4 Å². The number of phenols is 2. The molecule has 0 radical (unpaired) electrons. The number of benzene rings is 4. The van der Waals surface area contributed by atoms with Crippen molar-refractivity contribution in [2.75, 3.05) is 0 Å². The molecule has 2 N–H and O–H groups in total. The Morgan fingerprint density at radius 3 is 1.40 bits per heavy atom. The summed E-state index contributed by atoms with van der Waals surface area (Å²) in [7, 11) is 0. The molecule has 0 aliphatic heterocycles. The lowest BCUT2D eigenvalue weighted by Crippen LogP contribution is -2.10. The van der Waals surface area contributed by atoms with Crippen molar-refractivity contribution in [3.8, 4) is 33.8 Å². The van der Waals surface area contributed by atoms with Gasteiger partial charge in [-0.1, -0.05) is 50.2 Å². The smallest absolute Gasteiger partial charge is 0.194 e. The molecule has 0 atom stereocenters. The standard InChI is InChI=1S/C33H22I4O5/c1-3-21-25(15-9-5-7-11-23(15)41-21)27-17(13-19(34)32(39)29(27)36)31(38)18-14-20(35)33(40)30(37)28(18)26-16-10-6-8-12-24(16)42-22(26)4-2/h5-14,39-40H,3-4H2,1-2H3. The maximum absolute atomic E-state index is 14.9. The molecule has 0 bridgehead atoms. The summed E-state index contributed by atoms with van der Waals surface area (Å²) >= 11 is 8.40. The number of carbonyl (C=O) groups excluding carboxylic acids is 1. The summed E-state index contributed by atoms with van der Waals surface area (Å²) in [4.78, 5) is 14.9. The van der Waals surface area contributed by atoms with E-state index < -0.39 is 0 Å². The Morgan fingerprint density at radius 1 is 0.643 bits per heavy atom. The number of furan rings is 2. The van der Waals surface area contributed by atoms with E-state index in [2.05, 4.69) is 90.4 Å². The number of phenolic OH excluding ortho intramolecular Hbond substituents is 2. The first kappa shape index (κ1) is 30.2. The lowest BCUT2D eigenvalue weighted by molar-refractivity contribution is 0.103. The number of para-hydroxylation sites is 2. The van der Waals surface area contributed by atoms with Crippen LogP contribution < -0.4 is 0 Å². The van der Waals surface area contributed by atoms with Crippen LogP contribution in [0, 0.1) is 14.3 Å². The van der Waals surface area contributed by atoms with E-state index in [4.69, 9.17) is 8.83 Å². The molecule has 0 aliphatic carbocycles. The number of halogens is 4. The van der Waals surface area contributed by atoms with Crippen molar-refractivity contribution in [1.82, 2.24) is 0 Å². The van der Waals surface area contributed by atoms with E-state index in [-0.39, 0.29) is 17.3 Å². The summed E-state index contributed by atoms with van der Waals surface area (Å²) in [6, 6.07) is 19.0. The lowest BCUT2D eigenvalue weighted by Gasteiger charge is -2.18. The van der Waals surface area contributed by atoms with Crippen LogP contribution in [-0.4, -0.2) is 16.0 Å². The second kappa shape index (κ2) is 11.9. The maximum Gasteiger partial charge on any atom is 0.194 e. The molecular formula is C33H22I4O5. The minimum absolute atomic E-state index is 0.124. The van der Waals surface area contributed by atoms with Gasteiger partial charge in [-0.25, -0.2) is 0 Å². The van der Waals surface area contributed by atoms with Crippen LogP contribution in [0.1, 0.15) is 41.3 Å². The fraction of sp³-hybridized carbons (Fsp3) is 0.121. The Kier molecular flexibility index (Phi) is 8.56. The second-order valence-electron chi connectivity index (χ2n) is 9.72. The molecular weight excluding hydrogens is 984 g/mol. The Balaban J connectivity index is 1.71. The Hall–Kier alpha value is -1.85. The van der Waals surface area contributed by atoms with Crippen LogP contribution in [0.5, 0.6) is 11.5 Å². The third-order valence-corrected chi connectivity index (χ3v) is 11.1. The molecule has 2 heterocycles. The van der Waals surface area contributed by atoms with E-state index in [0.717, 1.165) is 44.6 Å². The van der Waals surface area contributed by atoms with Crippen LogP contribution in [0.4, 0.5) is 0 Å². The fourth-order valence-corrected chi connectivity index (χ4v) is 9.34. The van der Waals surface area contributed by atoms with Gasteiger partial charge in [-0.05, 0) is 115 Å². The minimum Gasteiger partial charge on any atom is -0.506 e. The Labute approximate surface area is 296 Å². The van der Waals surface area contributed by atoms with E-state index in [0.29, 0.717) is 49.4 Å². The highest BCUT2D eigenvalue weighted by Crippen LogP contribution is 2.47. The average molecular weight is 1010 g/mol. The van der Waals surface area contributed by atoms with Gasteiger partial charge in [0.25, 0.3) is 0 Å². The van der Waals surface area contributed by atoms with Gasteiger partial charge in [-0.15, -0.1) is 0 Å². The molecule has 6 rings (SSSR count). The van der Waals surface area contributed by atoms with Crippen molar-refractivity contribution in [3.05, 3.63) is 97.6 Å². The summed E-state index contributed by atoms with van der Waals surface area (Å²) < 4.78 is 14.8. The molecule has 212 valence electrons. The molecule has 5 nitrogen and oxygen atoms in total. The van der Waals surface area contributed by atoms with Gasteiger partial charge in [0.15, 0.2) is 5.78 Å². The summed E-state index contributed by atoms with van der Waals surface area (Å²) in [6.45, 7) is 4.03.